The average molecular weight is 680 g/mol. The van der Waals surface area contributed by atoms with Gasteiger partial charge in [0.25, 0.3) is 0 Å². The molecule has 1 saturated carbocycles. The van der Waals surface area contributed by atoms with Crippen LogP contribution in [0, 0.1) is 5.92 Å². The molecule has 1 aliphatic rings. The second kappa shape index (κ2) is 15.3. The van der Waals surface area contributed by atoms with Gasteiger partial charge in [0.1, 0.15) is 23.2 Å². The van der Waals surface area contributed by atoms with Crippen molar-refractivity contribution in [1.82, 2.24) is 35.6 Å². The number of methoxy groups -OCH3 is 1. The topological polar surface area (TPSA) is 207 Å². The summed E-state index contributed by atoms with van der Waals surface area (Å²) in [6.07, 6.45) is -1.13. The number of hydrogen-bond acceptors (Lipinski definition) is 14. The first-order valence-corrected chi connectivity index (χ1v) is 15.9. The van der Waals surface area contributed by atoms with Gasteiger partial charge >= 0.3 is 11.9 Å². The zero-order valence-electron chi connectivity index (χ0n) is 27.9. The van der Waals surface area contributed by atoms with Crippen molar-refractivity contribution in [3.8, 4) is 22.5 Å². The number of H-pyrrole nitrogens is 1. The van der Waals surface area contributed by atoms with Gasteiger partial charge in [-0.25, -0.2) is 19.7 Å². The van der Waals surface area contributed by atoms with E-state index in [-0.39, 0.29) is 30.8 Å². The minimum Gasteiger partial charge on any atom is -0.425 e. The summed E-state index contributed by atoms with van der Waals surface area (Å²) in [6, 6.07) is 15.6. The molecule has 2 aromatic heterocycles. The Morgan fingerprint density at radius 1 is 1.06 bits per heavy atom. The van der Waals surface area contributed by atoms with Crippen molar-refractivity contribution in [2.75, 3.05) is 7.11 Å². The molecule has 0 aliphatic heterocycles. The molecular formula is C33H41N7O9. The number of benzene rings is 2. The maximum atomic E-state index is 13.8. The van der Waals surface area contributed by atoms with Crippen LogP contribution in [0.3, 0.4) is 0 Å². The van der Waals surface area contributed by atoms with Crippen molar-refractivity contribution in [3.05, 3.63) is 71.3 Å². The van der Waals surface area contributed by atoms with Crippen molar-refractivity contribution in [2.24, 2.45) is 5.92 Å². The summed E-state index contributed by atoms with van der Waals surface area (Å²) in [6.45, 7) is 6.73. The van der Waals surface area contributed by atoms with Crippen LogP contribution in [0.2, 0.25) is 0 Å². The summed E-state index contributed by atoms with van der Waals surface area (Å²) in [7, 11) is 1.42. The molecule has 4 atom stereocenters. The molecule has 49 heavy (non-hydrogen) atoms. The molecule has 1 fully saturated rings. The quantitative estimate of drug-likeness (QED) is 0.0849. The van der Waals surface area contributed by atoms with Crippen molar-refractivity contribution in [2.45, 2.75) is 84.0 Å². The molecule has 2 heterocycles. The fourth-order valence-corrected chi connectivity index (χ4v) is 6.03. The third kappa shape index (κ3) is 8.36. The van der Waals surface area contributed by atoms with E-state index in [2.05, 4.69) is 25.6 Å². The number of imidazole rings is 1. The minimum absolute atomic E-state index is 0.0471. The van der Waals surface area contributed by atoms with E-state index < -0.39 is 47.3 Å². The molecular weight excluding hydrogens is 638 g/mol. The molecule has 1 unspecified atom stereocenters. The molecule has 2 aromatic carbocycles. The predicted octanol–water partition coefficient (Wildman–Crippen LogP) is 3.81. The van der Waals surface area contributed by atoms with Crippen LogP contribution in [0.15, 0.2) is 48.5 Å². The molecule has 0 saturated heterocycles. The number of ether oxygens (including phenoxy) is 3. The number of tetrazole rings is 1. The summed E-state index contributed by atoms with van der Waals surface area (Å²) >= 11 is 0. The van der Waals surface area contributed by atoms with E-state index >= 15 is 0 Å². The Morgan fingerprint density at radius 3 is 2.37 bits per heavy atom. The normalized spacial score (nSPS) is 18.5. The highest BCUT2D eigenvalue weighted by molar-refractivity contribution is 5.89. The van der Waals surface area contributed by atoms with Crippen LogP contribution < -0.4 is 0 Å². The van der Waals surface area contributed by atoms with Gasteiger partial charge in [-0.15, -0.1) is 5.10 Å². The van der Waals surface area contributed by atoms with Gasteiger partial charge in [0.15, 0.2) is 11.5 Å². The fourth-order valence-electron chi connectivity index (χ4n) is 6.03. The van der Waals surface area contributed by atoms with Gasteiger partial charge in [-0.1, -0.05) is 55.5 Å². The molecule has 0 radical (unpaired) electrons. The van der Waals surface area contributed by atoms with E-state index in [9.17, 15) is 14.7 Å². The molecule has 262 valence electrons. The summed E-state index contributed by atoms with van der Waals surface area (Å²) in [5.41, 5.74) is 2.27. The Balaban J connectivity index is 1.37. The fraction of sp³-hybridized carbons (Fsp3) is 0.455. The van der Waals surface area contributed by atoms with Crippen molar-refractivity contribution in [3.63, 3.8) is 0 Å². The first-order valence-electron chi connectivity index (χ1n) is 15.9. The smallest absolute Gasteiger partial charge is 0.360 e. The summed E-state index contributed by atoms with van der Waals surface area (Å²) < 4.78 is 18.1. The van der Waals surface area contributed by atoms with Gasteiger partial charge in [-0.2, -0.15) is 0 Å². The number of aromatic nitrogens is 6. The lowest BCUT2D eigenvalue weighted by molar-refractivity contribution is -0.507. The Morgan fingerprint density at radius 2 is 1.76 bits per heavy atom. The molecule has 16 nitrogen and oxygen atoms in total. The number of carbonyl (C=O) groups excluding carboxylic acids is 2. The van der Waals surface area contributed by atoms with Gasteiger partial charge in [0.2, 0.25) is 6.29 Å². The lowest BCUT2D eigenvalue weighted by Gasteiger charge is -2.20. The zero-order chi connectivity index (χ0) is 35.3. The van der Waals surface area contributed by atoms with Crippen molar-refractivity contribution < 1.29 is 44.2 Å². The number of aromatic amines is 1. The number of nitrogens with one attached hydrogen (secondary N) is 1. The largest absolute Gasteiger partial charge is 0.425 e. The number of rotatable bonds is 14. The van der Waals surface area contributed by atoms with Crippen molar-refractivity contribution in [1.29, 1.82) is 0 Å². The standard InChI is InChI=1S/C33H41N7O9/c1-6-9-27-34-29(33(3,4)43)28(32(42)48-19(2)47-31(41)22-16-25(46-5)26(17-22)49-40(44)45)39(27)18-20-12-14-21(15-13-20)23-10-7-8-11-24(23)30-35-37-38-36-30/h7-8,10-15,19,22,25-26,43-45H,6,9,16-18H2,1-5H3,(H,35,36,37,38)/t19?,22-,25+,26+/m1/s1. The van der Waals surface area contributed by atoms with Gasteiger partial charge in [-0.05, 0) is 60.2 Å². The highest BCUT2D eigenvalue weighted by Gasteiger charge is 2.42. The Hall–Kier alpha value is -4.58. The monoisotopic (exact) mass is 679 g/mol. The predicted molar refractivity (Wildman–Crippen MR) is 170 cm³/mol. The number of aryl methyl sites for hydroxylation is 1. The van der Waals surface area contributed by atoms with E-state index in [4.69, 9.17) is 29.5 Å². The number of carbonyl (C=O) groups is 2. The van der Waals surface area contributed by atoms with Crippen LogP contribution in [0.5, 0.6) is 0 Å². The first kappa shape index (κ1) is 35.7. The maximum absolute atomic E-state index is 13.8. The lowest BCUT2D eigenvalue weighted by Crippen LogP contribution is -2.31. The van der Waals surface area contributed by atoms with Gasteiger partial charge in [0, 0.05) is 32.6 Å². The number of nitrogens with zero attached hydrogens (tertiary/aromatic N) is 6. The Kier molecular flexibility index (Phi) is 11.2. The third-order valence-electron chi connectivity index (χ3n) is 8.30. The zero-order valence-corrected chi connectivity index (χ0v) is 27.9. The van der Waals surface area contributed by atoms with Crippen LogP contribution in [-0.4, -0.2) is 88.6 Å². The van der Waals surface area contributed by atoms with Gasteiger partial charge in [0.05, 0.1) is 17.4 Å². The van der Waals surface area contributed by atoms with Crippen LogP contribution in [0.4, 0.5) is 0 Å². The highest BCUT2D eigenvalue weighted by atomic mass is 17.1. The molecule has 1 aliphatic carbocycles. The van der Waals surface area contributed by atoms with Crippen LogP contribution >= 0.6 is 0 Å². The molecule has 16 heteroatoms. The first-order chi connectivity index (χ1) is 23.4. The van der Waals surface area contributed by atoms with Crippen molar-refractivity contribution >= 4 is 11.9 Å². The van der Waals surface area contributed by atoms with E-state index in [0.29, 0.717) is 18.1 Å². The highest BCUT2D eigenvalue weighted by Crippen LogP contribution is 2.33. The Bertz CT molecular complexity index is 1720. The number of hydrogen-bond donors (Lipinski definition) is 4. The second-order valence-electron chi connectivity index (χ2n) is 12.4. The minimum atomic E-state index is -1.49. The van der Waals surface area contributed by atoms with Crippen LogP contribution in [0.1, 0.15) is 74.5 Å². The molecule has 4 N–H and O–H groups in total. The van der Waals surface area contributed by atoms with Gasteiger partial charge in [-0.3, -0.25) is 15.2 Å². The second-order valence-corrected chi connectivity index (χ2v) is 12.4. The number of esters is 2. The average Bonchev–Trinajstić information content (AvgIpc) is 3.81. The summed E-state index contributed by atoms with van der Waals surface area (Å²) in [5, 5.41) is 43.0. The van der Waals surface area contributed by atoms with Crippen LogP contribution in [0.25, 0.3) is 22.5 Å². The number of aliphatic hydroxyl groups is 1. The van der Waals surface area contributed by atoms with E-state index in [0.717, 1.165) is 28.7 Å². The Labute approximate surface area is 282 Å². The molecule has 0 spiro atoms. The SMILES string of the molecule is CCCc1nc(C(C)(C)O)c(C(=O)OC(C)OC(=O)[C@@H]2C[C@H](OC)[C@@H](ON(O)O)C2)n1Cc1ccc(-c2ccccc2-c2nnn[nH]2)cc1. The summed E-state index contributed by atoms with van der Waals surface area (Å²) in [5.74, 6) is -1.05. The van der Waals surface area contributed by atoms with Crippen LogP contribution in [-0.2, 0) is 42.4 Å². The van der Waals surface area contributed by atoms with E-state index in [1.165, 1.54) is 27.9 Å². The van der Waals surface area contributed by atoms with Gasteiger partial charge < -0.3 is 23.9 Å². The molecule has 4 aromatic rings. The molecule has 0 amide bonds. The maximum Gasteiger partial charge on any atom is 0.360 e. The van der Waals surface area contributed by atoms with E-state index in [1.54, 1.807) is 4.57 Å². The third-order valence-corrected chi connectivity index (χ3v) is 8.30. The van der Waals surface area contributed by atoms with E-state index in [1.807, 2.05) is 55.5 Å². The lowest BCUT2D eigenvalue weighted by atomic mass is 9.98. The summed E-state index contributed by atoms with van der Waals surface area (Å²) in [4.78, 5) is 36.4. The molecule has 0 bridgehead atoms. The molecule has 5 rings (SSSR count).